The average Bonchev–Trinajstić information content (AvgIpc) is 3.35. The van der Waals surface area contributed by atoms with Gasteiger partial charge in [-0.1, -0.05) is 67.3 Å². The lowest BCUT2D eigenvalue weighted by molar-refractivity contribution is 0.100. The Morgan fingerprint density at radius 1 is 1.00 bits per heavy atom. The molecule has 36 heavy (non-hydrogen) atoms. The number of rotatable bonds is 5. The van der Waals surface area contributed by atoms with Gasteiger partial charge in [0.1, 0.15) is 0 Å². The summed E-state index contributed by atoms with van der Waals surface area (Å²) < 4.78 is 20.4. The Hall–Kier alpha value is -2.89. The number of amides is 1. The minimum atomic E-state index is -0.706. The van der Waals surface area contributed by atoms with Crippen LogP contribution in [0.5, 0.6) is 5.75 Å². The van der Waals surface area contributed by atoms with Gasteiger partial charge in [-0.2, -0.15) is 0 Å². The molecule has 0 spiro atoms. The van der Waals surface area contributed by atoms with Crippen LogP contribution in [0.15, 0.2) is 54.6 Å². The maximum atomic E-state index is 15.3. The molecule has 3 N–H and O–H groups in total. The molecule has 5 rings (SSSR count). The topological polar surface area (TPSA) is 64.3 Å². The van der Waals surface area contributed by atoms with Crippen LogP contribution in [-0.4, -0.2) is 26.1 Å². The minimum Gasteiger partial charge on any atom is -0.494 e. The smallest absolute Gasteiger partial charge is 0.249 e. The first kappa shape index (κ1) is 26.2. The molecule has 4 nitrogen and oxygen atoms in total. The molecular weight excluding hydrogens is 475 g/mol. The van der Waals surface area contributed by atoms with Gasteiger partial charge in [0.15, 0.2) is 11.6 Å². The number of nitrogens with one attached hydrogen (secondary N) is 1. The Labute approximate surface area is 218 Å². The van der Waals surface area contributed by atoms with Gasteiger partial charge in [0.25, 0.3) is 0 Å². The number of hydrogen-bond acceptors (Lipinski definition) is 3. The number of hydrogen-bond donors (Lipinski definition) is 2. The highest BCUT2D eigenvalue weighted by atomic mass is 35.5. The van der Waals surface area contributed by atoms with Crippen LogP contribution in [0.2, 0.25) is 5.02 Å². The number of fused-ring (bicyclic) bond motifs is 1. The van der Waals surface area contributed by atoms with Gasteiger partial charge in [-0.15, -0.1) is 0 Å². The Morgan fingerprint density at radius 3 is 2.33 bits per heavy atom. The van der Waals surface area contributed by atoms with Crippen LogP contribution in [0.3, 0.4) is 0 Å². The van der Waals surface area contributed by atoms with E-state index in [-0.39, 0.29) is 22.8 Å². The van der Waals surface area contributed by atoms with Gasteiger partial charge >= 0.3 is 0 Å². The number of methoxy groups -OCH3 is 1. The van der Waals surface area contributed by atoms with Crippen molar-refractivity contribution in [1.29, 1.82) is 0 Å². The second kappa shape index (κ2) is 11.9. The van der Waals surface area contributed by atoms with Crippen LogP contribution in [0.1, 0.15) is 65.1 Å². The Kier molecular flexibility index (Phi) is 8.65. The van der Waals surface area contributed by atoms with Gasteiger partial charge in [0.05, 0.1) is 12.7 Å². The van der Waals surface area contributed by atoms with E-state index in [9.17, 15) is 4.79 Å². The molecule has 3 aromatic rings. The lowest BCUT2D eigenvalue weighted by atomic mass is 9.91. The predicted molar refractivity (Wildman–Crippen MR) is 144 cm³/mol. The summed E-state index contributed by atoms with van der Waals surface area (Å²) in [4.78, 5) is 12.0. The third-order valence-corrected chi connectivity index (χ3v) is 7.72. The van der Waals surface area contributed by atoms with Crippen molar-refractivity contribution in [3.8, 4) is 16.9 Å². The highest BCUT2D eigenvalue weighted by Crippen LogP contribution is 2.45. The molecule has 2 aliphatic carbocycles. The SMILES string of the molecule is CNC1CCCCC1.COc1ccc(C(N)=O)c(-c2c(Cl)ccc3c2CC(c2ccccc2)C3)c1F. The zero-order valence-electron chi connectivity index (χ0n) is 21.0. The summed E-state index contributed by atoms with van der Waals surface area (Å²) >= 11 is 6.52. The zero-order valence-corrected chi connectivity index (χ0v) is 21.7. The fourth-order valence-corrected chi connectivity index (χ4v) is 5.73. The van der Waals surface area contributed by atoms with Crippen LogP contribution in [-0.2, 0) is 12.8 Å². The quantitative estimate of drug-likeness (QED) is 0.404. The first-order valence-corrected chi connectivity index (χ1v) is 13.0. The van der Waals surface area contributed by atoms with E-state index >= 15 is 4.39 Å². The minimum absolute atomic E-state index is 0.0475. The van der Waals surface area contributed by atoms with Crippen molar-refractivity contribution < 1.29 is 13.9 Å². The third kappa shape index (κ3) is 5.58. The summed E-state index contributed by atoms with van der Waals surface area (Å²) in [6, 6.07) is 17.7. The normalized spacial score (nSPS) is 17.2. The Bertz CT molecular complexity index is 1210. The highest BCUT2D eigenvalue weighted by Gasteiger charge is 2.30. The molecule has 1 unspecified atom stereocenters. The summed E-state index contributed by atoms with van der Waals surface area (Å²) in [5.74, 6) is -1.01. The molecule has 1 amide bonds. The molecule has 1 saturated carbocycles. The molecule has 0 bridgehead atoms. The van der Waals surface area contributed by atoms with E-state index in [1.807, 2.05) is 24.3 Å². The molecular formula is C30H34ClFN2O2. The maximum Gasteiger partial charge on any atom is 0.249 e. The summed E-state index contributed by atoms with van der Waals surface area (Å²) in [5, 5.41) is 3.69. The standard InChI is InChI=1S/C23H19ClFNO2.C7H15N/c1-28-19-10-8-16(23(26)27)21(22(19)25)20-17-12-15(13-5-3-2-4-6-13)11-14(17)7-9-18(20)24;1-8-7-5-3-2-4-6-7/h2-10,15H,11-12H2,1H3,(H2,26,27);7-8H,2-6H2,1H3. The van der Waals surface area contributed by atoms with Crippen LogP contribution >= 0.6 is 11.6 Å². The van der Waals surface area contributed by atoms with Crippen molar-refractivity contribution in [3.05, 3.63) is 87.7 Å². The number of carbonyl (C=O) groups is 1. The third-order valence-electron chi connectivity index (χ3n) is 7.40. The van der Waals surface area contributed by atoms with Gasteiger partial charge < -0.3 is 15.8 Å². The number of carbonyl (C=O) groups excluding carboxylic acids is 1. The number of halogens is 2. The molecule has 2 aliphatic rings. The summed E-state index contributed by atoms with van der Waals surface area (Å²) in [6.45, 7) is 0. The molecule has 0 heterocycles. The van der Waals surface area contributed by atoms with Crippen LogP contribution in [0.4, 0.5) is 4.39 Å². The van der Waals surface area contributed by atoms with E-state index in [0.717, 1.165) is 23.6 Å². The van der Waals surface area contributed by atoms with Crippen molar-refractivity contribution in [2.75, 3.05) is 14.2 Å². The first-order valence-electron chi connectivity index (χ1n) is 12.6. The van der Waals surface area contributed by atoms with Crippen LogP contribution < -0.4 is 15.8 Å². The van der Waals surface area contributed by atoms with Gasteiger partial charge in [-0.05, 0) is 73.5 Å². The largest absolute Gasteiger partial charge is 0.494 e. The monoisotopic (exact) mass is 508 g/mol. The summed E-state index contributed by atoms with van der Waals surface area (Å²) in [7, 11) is 3.45. The summed E-state index contributed by atoms with van der Waals surface area (Å²) in [5.41, 5.74) is 9.56. The number of primary amides is 1. The maximum absolute atomic E-state index is 15.3. The van der Waals surface area contributed by atoms with Gasteiger partial charge in [-0.3, -0.25) is 4.79 Å². The first-order chi connectivity index (χ1) is 17.4. The number of ether oxygens (including phenoxy) is 1. The molecule has 3 aromatic carbocycles. The lowest BCUT2D eigenvalue weighted by Crippen LogP contribution is -2.26. The fourth-order valence-electron chi connectivity index (χ4n) is 5.46. The van der Waals surface area contributed by atoms with E-state index < -0.39 is 11.7 Å². The molecule has 0 aromatic heterocycles. The molecule has 0 radical (unpaired) electrons. The van der Waals surface area contributed by atoms with Crippen molar-refractivity contribution >= 4 is 17.5 Å². The van der Waals surface area contributed by atoms with Crippen molar-refractivity contribution in [2.24, 2.45) is 5.73 Å². The van der Waals surface area contributed by atoms with Gasteiger partial charge in [0, 0.05) is 22.2 Å². The van der Waals surface area contributed by atoms with Crippen molar-refractivity contribution in [1.82, 2.24) is 5.32 Å². The second-order valence-corrected chi connectivity index (χ2v) is 9.98. The van der Waals surface area contributed by atoms with Gasteiger partial charge in [0.2, 0.25) is 5.91 Å². The van der Waals surface area contributed by atoms with Gasteiger partial charge in [-0.25, -0.2) is 4.39 Å². The van der Waals surface area contributed by atoms with Crippen molar-refractivity contribution in [3.63, 3.8) is 0 Å². The fraction of sp³-hybridized carbons (Fsp3) is 0.367. The predicted octanol–water partition coefficient (Wildman–Crippen LogP) is 6.67. The van der Waals surface area contributed by atoms with E-state index in [1.54, 1.807) is 6.07 Å². The Balaban J connectivity index is 0.000000325. The molecule has 1 fully saturated rings. The van der Waals surface area contributed by atoms with Crippen molar-refractivity contribution in [2.45, 2.75) is 56.9 Å². The Morgan fingerprint density at radius 2 is 1.72 bits per heavy atom. The lowest BCUT2D eigenvalue weighted by Gasteiger charge is -2.20. The van der Waals surface area contributed by atoms with E-state index in [2.05, 4.69) is 24.5 Å². The molecule has 1 atom stereocenters. The van der Waals surface area contributed by atoms with Crippen LogP contribution in [0, 0.1) is 5.82 Å². The molecule has 6 heteroatoms. The highest BCUT2D eigenvalue weighted by molar-refractivity contribution is 6.34. The average molecular weight is 509 g/mol. The molecule has 0 saturated heterocycles. The van der Waals surface area contributed by atoms with Crippen LogP contribution in [0.25, 0.3) is 11.1 Å². The van der Waals surface area contributed by atoms with E-state index in [1.165, 1.54) is 56.9 Å². The second-order valence-electron chi connectivity index (χ2n) is 9.57. The number of nitrogens with two attached hydrogens (primary N) is 1. The van der Waals surface area contributed by atoms with E-state index in [0.29, 0.717) is 17.0 Å². The van der Waals surface area contributed by atoms with E-state index in [4.69, 9.17) is 22.1 Å². The zero-order chi connectivity index (χ0) is 25.7. The molecule has 190 valence electrons. The number of benzene rings is 3. The molecule has 0 aliphatic heterocycles. The summed E-state index contributed by atoms with van der Waals surface area (Å²) in [6.07, 6.45) is 8.67.